The standard InChI is InChI=1S/C15H18N2O2S/c1-15(2)14(19)16-7-8-17(15)13(18)11-9-20-12-6-4-3-5-10(11)12/h3-6,11H,7-9H2,1-2H3,(H,16,19). The molecular formula is C15H18N2O2S. The van der Waals surface area contributed by atoms with E-state index in [1.165, 1.54) is 4.90 Å². The van der Waals surface area contributed by atoms with E-state index in [0.29, 0.717) is 13.1 Å². The Balaban J connectivity index is 1.89. The zero-order chi connectivity index (χ0) is 14.3. The highest BCUT2D eigenvalue weighted by Crippen LogP contribution is 2.41. The molecule has 2 amide bonds. The van der Waals surface area contributed by atoms with Gasteiger partial charge in [0.15, 0.2) is 0 Å². The number of fused-ring (bicyclic) bond motifs is 1. The Morgan fingerprint density at radius 3 is 2.95 bits per heavy atom. The van der Waals surface area contributed by atoms with Gasteiger partial charge in [0.2, 0.25) is 11.8 Å². The normalized spacial score (nSPS) is 24.2. The number of thioether (sulfide) groups is 1. The van der Waals surface area contributed by atoms with Gasteiger partial charge in [-0.15, -0.1) is 11.8 Å². The van der Waals surface area contributed by atoms with Gasteiger partial charge < -0.3 is 10.2 Å². The van der Waals surface area contributed by atoms with Gasteiger partial charge in [-0.05, 0) is 25.5 Å². The topological polar surface area (TPSA) is 49.4 Å². The number of carbonyl (C=O) groups is 2. The molecule has 0 bridgehead atoms. The van der Waals surface area contributed by atoms with Gasteiger partial charge in [-0.3, -0.25) is 9.59 Å². The predicted molar refractivity (Wildman–Crippen MR) is 78.7 cm³/mol. The Hall–Kier alpha value is -1.49. The number of carbonyl (C=O) groups excluding carboxylic acids is 2. The van der Waals surface area contributed by atoms with E-state index in [1.807, 2.05) is 32.0 Å². The molecule has 1 fully saturated rings. The summed E-state index contributed by atoms with van der Waals surface area (Å²) in [5.74, 6) is 0.645. The van der Waals surface area contributed by atoms with E-state index in [0.717, 1.165) is 11.3 Å². The van der Waals surface area contributed by atoms with E-state index >= 15 is 0 Å². The van der Waals surface area contributed by atoms with Crippen LogP contribution in [0.4, 0.5) is 0 Å². The second-order valence-corrected chi connectivity index (χ2v) is 6.77. The van der Waals surface area contributed by atoms with Crippen molar-refractivity contribution in [2.45, 2.75) is 30.2 Å². The summed E-state index contributed by atoms with van der Waals surface area (Å²) in [6.07, 6.45) is 0. The first-order chi connectivity index (χ1) is 9.51. The first-order valence-electron chi connectivity index (χ1n) is 6.83. The molecule has 1 saturated heterocycles. The molecule has 2 heterocycles. The van der Waals surface area contributed by atoms with Crippen molar-refractivity contribution in [1.29, 1.82) is 0 Å². The maximum absolute atomic E-state index is 12.9. The molecule has 2 aliphatic rings. The highest BCUT2D eigenvalue weighted by molar-refractivity contribution is 7.99. The molecule has 0 spiro atoms. The van der Waals surface area contributed by atoms with Crippen molar-refractivity contribution < 1.29 is 9.59 Å². The Labute approximate surface area is 122 Å². The summed E-state index contributed by atoms with van der Waals surface area (Å²) in [6.45, 7) is 4.75. The summed E-state index contributed by atoms with van der Waals surface area (Å²) in [7, 11) is 0. The van der Waals surface area contributed by atoms with Crippen LogP contribution in [-0.2, 0) is 9.59 Å². The molecule has 0 aliphatic carbocycles. The van der Waals surface area contributed by atoms with Crippen LogP contribution in [0.15, 0.2) is 29.2 Å². The second kappa shape index (κ2) is 4.81. The van der Waals surface area contributed by atoms with Crippen molar-refractivity contribution in [3.63, 3.8) is 0 Å². The Morgan fingerprint density at radius 2 is 2.15 bits per heavy atom. The van der Waals surface area contributed by atoms with E-state index < -0.39 is 5.54 Å². The molecule has 0 radical (unpaired) electrons. The van der Waals surface area contributed by atoms with Gasteiger partial charge in [-0.1, -0.05) is 18.2 Å². The summed E-state index contributed by atoms with van der Waals surface area (Å²) in [5.41, 5.74) is 0.335. The largest absolute Gasteiger partial charge is 0.352 e. The quantitative estimate of drug-likeness (QED) is 0.855. The van der Waals surface area contributed by atoms with Crippen molar-refractivity contribution in [2.75, 3.05) is 18.8 Å². The van der Waals surface area contributed by atoms with Gasteiger partial charge in [0.1, 0.15) is 5.54 Å². The van der Waals surface area contributed by atoms with Crippen molar-refractivity contribution in [1.82, 2.24) is 10.2 Å². The van der Waals surface area contributed by atoms with Crippen molar-refractivity contribution in [3.8, 4) is 0 Å². The predicted octanol–water partition coefficient (Wildman–Crippen LogP) is 1.61. The fourth-order valence-corrected chi connectivity index (χ4v) is 4.06. The SMILES string of the molecule is CC1(C)C(=O)NCCN1C(=O)C1CSc2ccccc21. The molecule has 0 aromatic heterocycles. The lowest BCUT2D eigenvalue weighted by Crippen LogP contribution is -2.64. The second-order valence-electron chi connectivity index (χ2n) is 5.71. The van der Waals surface area contributed by atoms with E-state index in [4.69, 9.17) is 0 Å². The Kier molecular flexibility index (Phi) is 3.24. The summed E-state index contributed by atoms with van der Waals surface area (Å²) < 4.78 is 0. The van der Waals surface area contributed by atoms with E-state index in [9.17, 15) is 9.59 Å². The first kappa shape index (κ1) is 13.5. The van der Waals surface area contributed by atoms with Gasteiger partial charge in [0, 0.05) is 23.7 Å². The van der Waals surface area contributed by atoms with Gasteiger partial charge in [-0.2, -0.15) is 0 Å². The maximum atomic E-state index is 12.9. The number of benzene rings is 1. The Morgan fingerprint density at radius 1 is 1.40 bits per heavy atom. The highest BCUT2D eigenvalue weighted by Gasteiger charge is 2.43. The molecule has 1 unspecified atom stereocenters. The fourth-order valence-electron chi connectivity index (χ4n) is 2.84. The lowest BCUT2D eigenvalue weighted by atomic mass is 9.93. The number of hydrogen-bond donors (Lipinski definition) is 1. The molecule has 0 saturated carbocycles. The zero-order valence-corrected chi connectivity index (χ0v) is 12.5. The summed E-state index contributed by atoms with van der Waals surface area (Å²) in [6, 6.07) is 8.05. The summed E-state index contributed by atoms with van der Waals surface area (Å²) >= 11 is 1.72. The third-order valence-electron chi connectivity index (χ3n) is 4.12. The van der Waals surface area contributed by atoms with Crippen molar-refractivity contribution in [3.05, 3.63) is 29.8 Å². The van der Waals surface area contributed by atoms with Crippen LogP contribution in [0, 0.1) is 0 Å². The number of amides is 2. The smallest absolute Gasteiger partial charge is 0.245 e. The number of nitrogens with zero attached hydrogens (tertiary/aromatic N) is 1. The van der Waals surface area contributed by atoms with Crippen molar-refractivity contribution >= 4 is 23.6 Å². The Bertz CT molecular complexity index is 571. The lowest BCUT2D eigenvalue weighted by molar-refractivity contribution is -0.149. The van der Waals surface area contributed by atoms with E-state index in [1.54, 1.807) is 16.7 Å². The monoisotopic (exact) mass is 290 g/mol. The van der Waals surface area contributed by atoms with Crippen LogP contribution in [0.25, 0.3) is 0 Å². The van der Waals surface area contributed by atoms with Crippen molar-refractivity contribution in [2.24, 2.45) is 0 Å². The van der Waals surface area contributed by atoms with Gasteiger partial charge >= 0.3 is 0 Å². The zero-order valence-electron chi connectivity index (χ0n) is 11.7. The van der Waals surface area contributed by atoms with Crippen LogP contribution in [0.2, 0.25) is 0 Å². The average Bonchev–Trinajstić information content (AvgIpc) is 2.85. The van der Waals surface area contributed by atoms with E-state index in [2.05, 4.69) is 11.4 Å². The first-order valence-corrected chi connectivity index (χ1v) is 7.82. The third kappa shape index (κ3) is 2.00. The molecule has 3 rings (SSSR count). The van der Waals surface area contributed by atoms with Gasteiger partial charge in [-0.25, -0.2) is 0 Å². The minimum Gasteiger partial charge on any atom is -0.352 e. The number of nitrogens with one attached hydrogen (secondary N) is 1. The number of hydrogen-bond acceptors (Lipinski definition) is 3. The van der Waals surface area contributed by atoms with Gasteiger partial charge in [0.05, 0.1) is 5.92 Å². The molecule has 1 aromatic rings. The number of rotatable bonds is 1. The van der Waals surface area contributed by atoms with E-state index in [-0.39, 0.29) is 17.7 Å². The molecule has 5 heteroatoms. The van der Waals surface area contributed by atoms with Crippen LogP contribution in [0.1, 0.15) is 25.3 Å². The molecule has 1 N–H and O–H groups in total. The minimum absolute atomic E-state index is 0.0716. The fraction of sp³-hybridized carbons (Fsp3) is 0.467. The minimum atomic E-state index is -0.766. The highest BCUT2D eigenvalue weighted by atomic mass is 32.2. The molecule has 20 heavy (non-hydrogen) atoms. The van der Waals surface area contributed by atoms with Crippen LogP contribution in [0.5, 0.6) is 0 Å². The molecule has 2 aliphatic heterocycles. The number of piperazine rings is 1. The molecule has 4 nitrogen and oxygen atoms in total. The third-order valence-corrected chi connectivity index (χ3v) is 5.30. The summed E-state index contributed by atoms with van der Waals surface area (Å²) in [5, 5.41) is 2.83. The van der Waals surface area contributed by atoms with Crippen LogP contribution < -0.4 is 5.32 Å². The van der Waals surface area contributed by atoms with Crippen LogP contribution in [0.3, 0.4) is 0 Å². The molecule has 106 valence electrons. The molecule has 1 aromatic carbocycles. The maximum Gasteiger partial charge on any atom is 0.245 e. The average molecular weight is 290 g/mol. The molecule has 1 atom stereocenters. The lowest BCUT2D eigenvalue weighted by Gasteiger charge is -2.42. The molecular weight excluding hydrogens is 272 g/mol. The van der Waals surface area contributed by atoms with Crippen LogP contribution >= 0.6 is 11.8 Å². The van der Waals surface area contributed by atoms with Crippen LogP contribution in [-0.4, -0.2) is 41.1 Å². The van der Waals surface area contributed by atoms with Gasteiger partial charge in [0.25, 0.3) is 0 Å². The summed E-state index contributed by atoms with van der Waals surface area (Å²) in [4.78, 5) is 27.8.